The molecule has 106 valence electrons. The van der Waals surface area contributed by atoms with Gasteiger partial charge in [-0.05, 0) is 32.1 Å². The van der Waals surface area contributed by atoms with Crippen molar-refractivity contribution in [1.82, 2.24) is 20.1 Å². The average Bonchev–Trinajstić information content (AvgIpc) is 2.69. The van der Waals surface area contributed by atoms with E-state index in [2.05, 4.69) is 26.2 Å². The van der Waals surface area contributed by atoms with Crippen LogP contribution in [0.15, 0.2) is 5.70 Å². The topological polar surface area (TPSA) is 66.5 Å². The third-order valence-corrected chi connectivity index (χ3v) is 4.19. The fourth-order valence-electron chi connectivity index (χ4n) is 3.07. The van der Waals surface area contributed by atoms with Gasteiger partial charge in [0.05, 0.1) is 0 Å². The molecule has 1 aromatic heterocycles. The smallest absolute Gasteiger partial charge is 0.176 e. The summed E-state index contributed by atoms with van der Waals surface area (Å²) in [6, 6.07) is 2.37. The van der Waals surface area contributed by atoms with E-state index >= 15 is 0 Å². The second-order valence-electron chi connectivity index (χ2n) is 5.60. The molecule has 5 heteroatoms. The summed E-state index contributed by atoms with van der Waals surface area (Å²) >= 11 is 0. The molecular weight excluding hydrogens is 250 g/mol. The Kier molecular flexibility index (Phi) is 4.00. The normalized spacial score (nSPS) is 21.9. The lowest BCUT2D eigenvalue weighted by Gasteiger charge is -2.11. The van der Waals surface area contributed by atoms with Crippen LogP contribution in [0, 0.1) is 11.3 Å². The molecule has 1 saturated heterocycles. The predicted molar refractivity (Wildman–Crippen MR) is 76.6 cm³/mol. The minimum atomic E-state index is 0.701. The number of rotatable bonds is 1. The van der Waals surface area contributed by atoms with Gasteiger partial charge in [0, 0.05) is 25.2 Å². The van der Waals surface area contributed by atoms with Gasteiger partial charge in [-0.2, -0.15) is 5.26 Å². The number of hydrogen-bond donors (Lipinski definition) is 1. The van der Waals surface area contributed by atoms with Crippen LogP contribution in [0.4, 0.5) is 0 Å². The molecule has 0 bridgehead atoms. The van der Waals surface area contributed by atoms with Crippen molar-refractivity contribution < 1.29 is 0 Å². The van der Waals surface area contributed by atoms with Crippen LogP contribution >= 0.6 is 0 Å². The van der Waals surface area contributed by atoms with E-state index in [1.165, 1.54) is 25.7 Å². The summed E-state index contributed by atoms with van der Waals surface area (Å²) in [5, 5.41) is 21.6. The Balaban J connectivity index is 1.99. The molecule has 1 aromatic rings. The van der Waals surface area contributed by atoms with Crippen molar-refractivity contribution in [3.05, 3.63) is 17.3 Å². The summed E-state index contributed by atoms with van der Waals surface area (Å²) in [5.41, 5.74) is 1.76. The minimum absolute atomic E-state index is 0.701. The number of nitrogens with zero attached hydrogens (tertiary/aromatic N) is 4. The van der Waals surface area contributed by atoms with E-state index in [1.807, 2.05) is 0 Å². The first kappa shape index (κ1) is 13.2. The highest BCUT2D eigenvalue weighted by Gasteiger charge is 2.20. The van der Waals surface area contributed by atoms with E-state index in [9.17, 15) is 5.26 Å². The highest BCUT2D eigenvalue weighted by atomic mass is 15.3. The summed E-state index contributed by atoms with van der Waals surface area (Å²) < 4.78 is 2.16. The lowest BCUT2D eigenvalue weighted by atomic mass is 10.1. The zero-order chi connectivity index (χ0) is 13.8. The molecule has 0 spiro atoms. The number of allylic oxidation sites excluding steroid dienone is 2. The fraction of sp³-hybridized carbons (Fsp3) is 0.667. The highest BCUT2D eigenvalue weighted by Crippen LogP contribution is 2.24. The minimum Gasteiger partial charge on any atom is -0.387 e. The largest absolute Gasteiger partial charge is 0.387 e. The second-order valence-corrected chi connectivity index (χ2v) is 5.60. The second kappa shape index (κ2) is 6.08. The van der Waals surface area contributed by atoms with Crippen LogP contribution in [0.1, 0.15) is 56.6 Å². The van der Waals surface area contributed by atoms with Gasteiger partial charge in [0.25, 0.3) is 0 Å². The average molecular weight is 271 g/mol. The Hall–Kier alpha value is -1.83. The molecule has 3 rings (SSSR count). The van der Waals surface area contributed by atoms with E-state index in [-0.39, 0.29) is 0 Å². The Morgan fingerprint density at radius 1 is 1.05 bits per heavy atom. The predicted octanol–water partition coefficient (Wildman–Crippen LogP) is 2.40. The number of fused-ring (bicyclic) bond motifs is 1. The molecule has 0 unspecified atom stereocenters. The first-order valence-electron chi connectivity index (χ1n) is 7.69. The van der Waals surface area contributed by atoms with Gasteiger partial charge < -0.3 is 9.88 Å². The summed E-state index contributed by atoms with van der Waals surface area (Å²) in [6.45, 7) is 1.90. The molecule has 0 amide bonds. The fourth-order valence-corrected chi connectivity index (χ4v) is 3.07. The molecule has 0 atom stereocenters. The van der Waals surface area contributed by atoms with Gasteiger partial charge >= 0.3 is 0 Å². The third-order valence-electron chi connectivity index (χ3n) is 4.19. The number of aromatic nitrogens is 3. The molecular formula is C15H21N5. The van der Waals surface area contributed by atoms with E-state index < -0.39 is 0 Å². The molecule has 0 radical (unpaired) electrons. The van der Waals surface area contributed by atoms with E-state index in [4.69, 9.17) is 0 Å². The van der Waals surface area contributed by atoms with E-state index in [0.29, 0.717) is 5.57 Å². The van der Waals surface area contributed by atoms with Gasteiger partial charge in [-0.1, -0.05) is 12.8 Å². The van der Waals surface area contributed by atoms with Crippen molar-refractivity contribution in [1.29, 1.82) is 5.26 Å². The van der Waals surface area contributed by atoms with Gasteiger partial charge in [-0.3, -0.25) is 0 Å². The number of aryl methyl sites for hydroxylation is 1. The van der Waals surface area contributed by atoms with Crippen LogP contribution in [0.3, 0.4) is 0 Å². The van der Waals surface area contributed by atoms with Crippen LogP contribution in [-0.4, -0.2) is 21.3 Å². The van der Waals surface area contributed by atoms with Crippen LogP contribution in [0.5, 0.6) is 0 Å². The molecule has 0 saturated carbocycles. The lowest BCUT2D eigenvalue weighted by Crippen LogP contribution is -2.15. The summed E-state index contributed by atoms with van der Waals surface area (Å²) in [4.78, 5) is 0. The molecule has 2 aliphatic rings. The SMILES string of the molecule is N#CC(=C1CCCCCN1)c1nnc2n1CCCCC2. The van der Waals surface area contributed by atoms with E-state index in [0.717, 1.165) is 56.1 Å². The Labute approximate surface area is 119 Å². The third kappa shape index (κ3) is 2.55. The zero-order valence-corrected chi connectivity index (χ0v) is 11.9. The summed E-state index contributed by atoms with van der Waals surface area (Å²) in [6.07, 6.45) is 9.05. The van der Waals surface area contributed by atoms with Crippen molar-refractivity contribution in [3.63, 3.8) is 0 Å². The van der Waals surface area contributed by atoms with Crippen molar-refractivity contribution in [2.24, 2.45) is 0 Å². The maximum Gasteiger partial charge on any atom is 0.176 e. The number of nitrogens with one attached hydrogen (secondary N) is 1. The molecule has 3 heterocycles. The summed E-state index contributed by atoms with van der Waals surface area (Å²) in [5.74, 6) is 1.81. The quantitative estimate of drug-likeness (QED) is 0.796. The van der Waals surface area contributed by atoms with Gasteiger partial charge in [0.1, 0.15) is 17.5 Å². The van der Waals surface area contributed by atoms with Crippen LogP contribution < -0.4 is 5.32 Å². The molecule has 2 aliphatic heterocycles. The molecule has 1 N–H and O–H groups in total. The van der Waals surface area contributed by atoms with Gasteiger partial charge in [-0.15, -0.1) is 10.2 Å². The first-order valence-corrected chi connectivity index (χ1v) is 7.69. The van der Waals surface area contributed by atoms with Crippen LogP contribution in [-0.2, 0) is 13.0 Å². The van der Waals surface area contributed by atoms with Gasteiger partial charge in [-0.25, -0.2) is 0 Å². The zero-order valence-electron chi connectivity index (χ0n) is 11.9. The van der Waals surface area contributed by atoms with Crippen molar-refractivity contribution in [2.45, 2.75) is 57.9 Å². The van der Waals surface area contributed by atoms with Gasteiger partial charge in [0.15, 0.2) is 5.82 Å². The maximum atomic E-state index is 9.58. The Morgan fingerprint density at radius 2 is 1.90 bits per heavy atom. The lowest BCUT2D eigenvalue weighted by molar-refractivity contribution is 0.626. The Morgan fingerprint density at radius 3 is 2.80 bits per heavy atom. The van der Waals surface area contributed by atoms with Crippen LogP contribution in [0.25, 0.3) is 5.57 Å². The summed E-state index contributed by atoms with van der Waals surface area (Å²) in [7, 11) is 0. The monoisotopic (exact) mass is 271 g/mol. The van der Waals surface area contributed by atoms with Crippen LogP contribution in [0.2, 0.25) is 0 Å². The van der Waals surface area contributed by atoms with Crippen molar-refractivity contribution in [3.8, 4) is 6.07 Å². The molecule has 20 heavy (non-hydrogen) atoms. The van der Waals surface area contributed by atoms with Crippen molar-refractivity contribution in [2.75, 3.05) is 6.54 Å². The molecule has 0 aliphatic carbocycles. The van der Waals surface area contributed by atoms with Crippen molar-refractivity contribution >= 4 is 5.57 Å². The molecule has 0 aromatic carbocycles. The molecule has 1 fully saturated rings. The molecule has 5 nitrogen and oxygen atoms in total. The number of hydrogen-bond acceptors (Lipinski definition) is 4. The maximum absolute atomic E-state index is 9.58. The Bertz CT molecular complexity index is 539. The standard InChI is InChI=1S/C15H21N5/c16-11-12(13-7-3-1-5-9-17-13)15-19-18-14-8-4-2-6-10-20(14)15/h17H,1-10H2. The number of nitriles is 1. The first-order chi connectivity index (χ1) is 9.90. The van der Waals surface area contributed by atoms with Gasteiger partial charge in [0.2, 0.25) is 0 Å². The highest BCUT2D eigenvalue weighted by molar-refractivity contribution is 5.75. The van der Waals surface area contributed by atoms with E-state index in [1.54, 1.807) is 0 Å².